The van der Waals surface area contributed by atoms with Crippen LogP contribution in [0.1, 0.15) is 12.8 Å². The van der Waals surface area contributed by atoms with E-state index in [2.05, 4.69) is 4.98 Å². The maximum absolute atomic E-state index is 12.8. The highest BCUT2D eigenvalue weighted by atomic mass is 16.6. The Morgan fingerprint density at radius 2 is 2.00 bits per heavy atom. The third-order valence-corrected chi connectivity index (χ3v) is 4.63. The highest BCUT2D eigenvalue weighted by molar-refractivity contribution is 5.97. The molecule has 4 rings (SSSR count). The summed E-state index contributed by atoms with van der Waals surface area (Å²) >= 11 is 0. The Hall–Kier alpha value is -3.06. The maximum atomic E-state index is 12.8. The Morgan fingerprint density at radius 3 is 2.69 bits per heavy atom. The van der Waals surface area contributed by atoms with E-state index in [1.165, 1.54) is 10.6 Å². The Balaban J connectivity index is 2.01. The van der Waals surface area contributed by atoms with Gasteiger partial charge in [-0.25, -0.2) is 4.79 Å². The van der Waals surface area contributed by atoms with Crippen molar-refractivity contribution in [2.75, 3.05) is 6.61 Å². The van der Waals surface area contributed by atoms with Gasteiger partial charge < -0.3 is 4.74 Å². The van der Waals surface area contributed by atoms with Crippen LogP contribution in [-0.2, 0) is 11.3 Å². The van der Waals surface area contributed by atoms with Crippen LogP contribution in [0.2, 0.25) is 0 Å². The molecule has 7 nitrogen and oxygen atoms in total. The fraction of sp³-hybridized carbons (Fsp3) is 0.263. The molecule has 0 aliphatic carbocycles. The van der Waals surface area contributed by atoms with Gasteiger partial charge in [-0.05, 0) is 12.8 Å². The molecule has 0 spiro atoms. The van der Waals surface area contributed by atoms with E-state index in [1.807, 2.05) is 30.3 Å². The average Bonchev–Trinajstić information content (AvgIpc) is 3.17. The zero-order valence-corrected chi connectivity index (χ0v) is 14.0. The number of rotatable bonds is 4. The second-order valence-corrected chi connectivity index (χ2v) is 6.29. The molecule has 0 radical (unpaired) electrons. The summed E-state index contributed by atoms with van der Waals surface area (Å²) in [4.78, 5) is 28.2. The molecule has 1 aliphatic rings. The molecule has 2 aromatic carbocycles. The lowest BCUT2D eigenvalue weighted by Crippen LogP contribution is -2.29. The first kappa shape index (κ1) is 16.4. The monoisotopic (exact) mass is 351 g/mol. The zero-order valence-electron chi connectivity index (χ0n) is 14.0. The number of fused-ring (bicyclic) bond motifs is 1. The molecule has 1 fully saturated rings. The predicted octanol–water partition coefficient (Wildman–Crippen LogP) is 3.15. The fourth-order valence-electron chi connectivity index (χ4n) is 3.44. The second kappa shape index (κ2) is 6.68. The van der Waals surface area contributed by atoms with Crippen LogP contribution in [0, 0.1) is 10.1 Å². The summed E-state index contributed by atoms with van der Waals surface area (Å²) in [7, 11) is 0. The van der Waals surface area contributed by atoms with Gasteiger partial charge in [0.2, 0.25) is 0 Å². The summed E-state index contributed by atoms with van der Waals surface area (Å²) in [5.41, 5.74) is 0.905. The van der Waals surface area contributed by atoms with Crippen LogP contribution in [-0.4, -0.2) is 27.2 Å². The molecule has 0 bridgehead atoms. The summed E-state index contributed by atoms with van der Waals surface area (Å²) in [6.45, 7) is 0.914. The van der Waals surface area contributed by atoms with E-state index in [0.717, 1.165) is 18.4 Å². The standard InChI is InChI=1S/C19H17N3O4/c23-19-20-17(13-6-2-1-3-7-13)15-9-4-10-16(22(24)25)18(15)21(19)12-14-8-5-11-26-14/h1-4,6-7,9-10,14H,5,8,11-12H2. The van der Waals surface area contributed by atoms with Crippen LogP contribution in [0.25, 0.3) is 22.2 Å². The topological polar surface area (TPSA) is 87.3 Å². The second-order valence-electron chi connectivity index (χ2n) is 6.29. The summed E-state index contributed by atoms with van der Waals surface area (Å²) in [5.74, 6) is 0. The number of nitrogens with zero attached hydrogens (tertiary/aromatic N) is 3. The van der Waals surface area contributed by atoms with Gasteiger partial charge >= 0.3 is 5.69 Å². The number of nitro groups is 1. The van der Waals surface area contributed by atoms with Gasteiger partial charge in [-0.1, -0.05) is 42.5 Å². The summed E-state index contributed by atoms with van der Waals surface area (Å²) in [6.07, 6.45) is 1.63. The van der Waals surface area contributed by atoms with Crippen LogP contribution >= 0.6 is 0 Å². The normalized spacial score (nSPS) is 16.8. The molecule has 2 heterocycles. The maximum Gasteiger partial charge on any atom is 0.348 e. The van der Waals surface area contributed by atoms with Crippen LogP contribution < -0.4 is 5.69 Å². The van der Waals surface area contributed by atoms with E-state index >= 15 is 0 Å². The molecule has 0 saturated carbocycles. The van der Waals surface area contributed by atoms with Crippen molar-refractivity contribution in [3.05, 3.63) is 69.1 Å². The van der Waals surface area contributed by atoms with E-state index in [0.29, 0.717) is 23.2 Å². The molecule has 1 aromatic heterocycles. The average molecular weight is 351 g/mol. The van der Waals surface area contributed by atoms with Crippen molar-refractivity contribution in [1.29, 1.82) is 0 Å². The number of para-hydroxylation sites is 1. The summed E-state index contributed by atoms with van der Waals surface area (Å²) in [5, 5.41) is 12.2. The van der Waals surface area contributed by atoms with Crippen LogP contribution in [0.5, 0.6) is 0 Å². The highest BCUT2D eigenvalue weighted by Gasteiger charge is 2.24. The molecule has 132 valence electrons. The van der Waals surface area contributed by atoms with Crippen molar-refractivity contribution < 1.29 is 9.66 Å². The molecule has 7 heteroatoms. The highest BCUT2D eigenvalue weighted by Crippen LogP contribution is 2.31. The van der Waals surface area contributed by atoms with Gasteiger partial charge in [0, 0.05) is 23.6 Å². The van der Waals surface area contributed by atoms with Gasteiger partial charge in [0.15, 0.2) is 0 Å². The molecule has 1 saturated heterocycles. The first-order valence-electron chi connectivity index (χ1n) is 8.50. The smallest absolute Gasteiger partial charge is 0.348 e. The van der Waals surface area contributed by atoms with Gasteiger partial charge in [-0.15, -0.1) is 0 Å². The van der Waals surface area contributed by atoms with Crippen molar-refractivity contribution >= 4 is 16.6 Å². The molecule has 0 N–H and O–H groups in total. The largest absolute Gasteiger partial charge is 0.376 e. The van der Waals surface area contributed by atoms with Gasteiger partial charge in [-0.3, -0.25) is 14.7 Å². The molecular formula is C19H17N3O4. The predicted molar refractivity (Wildman–Crippen MR) is 97.1 cm³/mol. The Kier molecular flexibility index (Phi) is 4.22. The van der Waals surface area contributed by atoms with E-state index in [1.54, 1.807) is 12.1 Å². The Morgan fingerprint density at radius 1 is 1.19 bits per heavy atom. The number of non-ortho nitro benzene ring substituents is 1. The lowest BCUT2D eigenvalue weighted by molar-refractivity contribution is -0.383. The van der Waals surface area contributed by atoms with E-state index < -0.39 is 10.6 Å². The van der Waals surface area contributed by atoms with E-state index in [4.69, 9.17) is 4.74 Å². The van der Waals surface area contributed by atoms with Gasteiger partial charge in [-0.2, -0.15) is 4.98 Å². The minimum atomic E-state index is -0.499. The number of hydrogen-bond acceptors (Lipinski definition) is 5. The minimum Gasteiger partial charge on any atom is -0.376 e. The number of benzene rings is 2. The minimum absolute atomic E-state index is 0.0998. The first-order valence-corrected chi connectivity index (χ1v) is 8.50. The number of ether oxygens (including phenoxy) is 1. The Labute approximate surface area is 149 Å². The fourth-order valence-corrected chi connectivity index (χ4v) is 3.44. The molecule has 26 heavy (non-hydrogen) atoms. The molecule has 1 aliphatic heterocycles. The molecule has 1 atom stereocenters. The number of nitro benzene ring substituents is 1. The van der Waals surface area contributed by atoms with Gasteiger partial charge in [0.05, 0.1) is 23.3 Å². The number of aromatic nitrogens is 2. The van der Waals surface area contributed by atoms with Crippen molar-refractivity contribution in [2.24, 2.45) is 0 Å². The lowest BCUT2D eigenvalue weighted by atomic mass is 10.1. The Bertz CT molecular complexity index is 1020. The third-order valence-electron chi connectivity index (χ3n) is 4.63. The van der Waals surface area contributed by atoms with Crippen LogP contribution in [0.3, 0.4) is 0 Å². The summed E-state index contributed by atoms with van der Waals surface area (Å²) < 4.78 is 7.00. The molecule has 0 amide bonds. The lowest BCUT2D eigenvalue weighted by Gasteiger charge is -2.16. The SMILES string of the molecule is O=c1nc(-c2ccccc2)c2cccc([N+](=O)[O-])c2n1CC1CCCO1. The molecule has 3 aromatic rings. The quantitative estimate of drug-likeness (QED) is 0.532. The molecule has 1 unspecified atom stereocenters. The molecular weight excluding hydrogens is 334 g/mol. The van der Waals surface area contributed by atoms with Gasteiger partial charge in [0.25, 0.3) is 5.69 Å². The van der Waals surface area contributed by atoms with E-state index in [9.17, 15) is 14.9 Å². The first-order chi connectivity index (χ1) is 12.6. The van der Waals surface area contributed by atoms with Crippen molar-refractivity contribution in [2.45, 2.75) is 25.5 Å². The van der Waals surface area contributed by atoms with Crippen molar-refractivity contribution in [3.8, 4) is 11.3 Å². The zero-order chi connectivity index (χ0) is 18.1. The van der Waals surface area contributed by atoms with Crippen molar-refractivity contribution in [1.82, 2.24) is 9.55 Å². The van der Waals surface area contributed by atoms with Gasteiger partial charge in [0.1, 0.15) is 5.52 Å². The summed E-state index contributed by atoms with van der Waals surface area (Å²) in [6, 6.07) is 14.0. The van der Waals surface area contributed by atoms with Crippen LogP contribution in [0.4, 0.5) is 5.69 Å². The van der Waals surface area contributed by atoms with Crippen molar-refractivity contribution in [3.63, 3.8) is 0 Å². The number of hydrogen-bond donors (Lipinski definition) is 0. The van der Waals surface area contributed by atoms with E-state index in [-0.39, 0.29) is 18.3 Å². The van der Waals surface area contributed by atoms with Crippen LogP contribution in [0.15, 0.2) is 53.3 Å². The third kappa shape index (κ3) is 2.86.